The zero-order chi connectivity index (χ0) is 15.5. The average Bonchev–Trinajstić information content (AvgIpc) is 2.47. The summed E-state index contributed by atoms with van der Waals surface area (Å²) in [6.07, 6.45) is 0.608. The maximum atomic E-state index is 12.0. The third-order valence-corrected chi connectivity index (χ3v) is 3.68. The van der Waals surface area contributed by atoms with Crippen LogP contribution in [0.4, 0.5) is 0 Å². The number of methoxy groups -OCH3 is 1. The molecule has 0 radical (unpaired) electrons. The van der Waals surface area contributed by atoms with Crippen molar-refractivity contribution in [2.45, 2.75) is 25.9 Å². The van der Waals surface area contributed by atoms with E-state index >= 15 is 0 Å². The van der Waals surface area contributed by atoms with E-state index in [4.69, 9.17) is 21.1 Å². The molecule has 2 aromatic rings. The lowest BCUT2D eigenvalue weighted by Crippen LogP contribution is -2.25. The summed E-state index contributed by atoms with van der Waals surface area (Å²) in [5.41, 5.74) is -0.108. The minimum Gasteiger partial charge on any atom is -0.461 e. The van der Waals surface area contributed by atoms with Crippen molar-refractivity contribution in [2.75, 3.05) is 13.7 Å². The maximum absolute atomic E-state index is 12.0. The van der Waals surface area contributed by atoms with Crippen LogP contribution in [0.15, 0.2) is 30.3 Å². The summed E-state index contributed by atoms with van der Waals surface area (Å²) in [4.78, 5) is 16.1. The number of hydrogen-bond acceptors (Lipinski definition) is 4. The lowest BCUT2D eigenvalue weighted by molar-refractivity contribution is -0.00580. The van der Waals surface area contributed by atoms with Crippen molar-refractivity contribution in [3.63, 3.8) is 0 Å². The second kappa shape index (κ2) is 6.41. The van der Waals surface area contributed by atoms with E-state index < -0.39 is 5.97 Å². The Morgan fingerprint density at radius 3 is 2.76 bits per heavy atom. The highest BCUT2D eigenvalue weighted by Gasteiger charge is 2.18. The van der Waals surface area contributed by atoms with Gasteiger partial charge in [-0.1, -0.05) is 35.9 Å². The Morgan fingerprint density at radius 1 is 1.33 bits per heavy atom. The molecule has 0 saturated carbocycles. The van der Waals surface area contributed by atoms with E-state index in [1.165, 1.54) is 0 Å². The van der Waals surface area contributed by atoms with Gasteiger partial charge < -0.3 is 9.47 Å². The summed E-state index contributed by atoms with van der Waals surface area (Å²) in [6.45, 7) is 4.14. The SMILES string of the molecule is COC(C)(C)CCOC(=O)c1cc2ccccc2c(Cl)n1. The molecule has 112 valence electrons. The standard InChI is InChI=1S/C16H18ClNO3/c1-16(2,20-3)8-9-21-15(19)13-10-11-6-4-5-7-12(11)14(17)18-13/h4-7,10H,8-9H2,1-3H3. The predicted molar refractivity (Wildman–Crippen MR) is 82.7 cm³/mol. The molecule has 0 saturated heterocycles. The zero-order valence-corrected chi connectivity index (χ0v) is 13.1. The lowest BCUT2D eigenvalue weighted by Gasteiger charge is -2.22. The van der Waals surface area contributed by atoms with Crippen LogP contribution in [0, 0.1) is 0 Å². The van der Waals surface area contributed by atoms with E-state index in [9.17, 15) is 4.79 Å². The highest BCUT2D eigenvalue weighted by Crippen LogP contribution is 2.22. The molecular weight excluding hydrogens is 290 g/mol. The molecule has 0 atom stereocenters. The number of pyridine rings is 1. The second-order valence-corrected chi connectivity index (χ2v) is 5.73. The maximum Gasteiger partial charge on any atom is 0.357 e. The van der Waals surface area contributed by atoms with E-state index in [0.29, 0.717) is 11.6 Å². The minimum absolute atomic E-state index is 0.217. The number of nitrogens with zero attached hydrogens (tertiary/aromatic N) is 1. The number of ether oxygens (including phenoxy) is 2. The van der Waals surface area contributed by atoms with Crippen molar-refractivity contribution in [3.05, 3.63) is 41.2 Å². The number of rotatable bonds is 5. The van der Waals surface area contributed by atoms with Crippen molar-refractivity contribution in [3.8, 4) is 0 Å². The smallest absolute Gasteiger partial charge is 0.357 e. The molecule has 0 N–H and O–H groups in total. The van der Waals surface area contributed by atoms with Gasteiger partial charge in [0.05, 0.1) is 12.2 Å². The van der Waals surface area contributed by atoms with Crippen LogP contribution in [-0.4, -0.2) is 30.3 Å². The lowest BCUT2D eigenvalue weighted by atomic mass is 10.1. The Bertz CT molecular complexity index is 655. The third-order valence-electron chi connectivity index (χ3n) is 3.39. The first-order valence-electron chi connectivity index (χ1n) is 6.70. The van der Waals surface area contributed by atoms with Crippen LogP contribution in [0.2, 0.25) is 5.15 Å². The van der Waals surface area contributed by atoms with Crippen molar-refractivity contribution in [2.24, 2.45) is 0 Å². The van der Waals surface area contributed by atoms with Gasteiger partial charge in [-0.3, -0.25) is 0 Å². The van der Waals surface area contributed by atoms with Crippen molar-refractivity contribution in [1.82, 2.24) is 4.98 Å². The molecule has 4 nitrogen and oxygen atoms in total. The monoisotopic (exact) mass is 307 g/mol. The normalized spacial score (nSPS) is 11.6. The van der Waals surface area contributed by atoms with Gasteiger partial charge in [-0.15, -0.1) is 0 Å². The molecule has 21 heavy (non-hydrogen) atoms. The fraction of sp³-hybridized carbons (Fsp3) is 0.375. The molecule has 0 fully saturated rings. The highest BCUT2D eigenvalue weighted by atomic mass is 35.5. The van der Waals surface area contributed by atoms with Crippen LogP contribution in [0.25, 0.3) is 10.8 Å². The van der Waals surface area contributed by atoms with E-state index in [2.05, 4.69) is 4.98 Å². The van der Waals surface area contributed by atoms with Gasteiger partial charge in [-0.05, 0) is 25.3 Å². The third kappa shape index (κ3) is 3.93. The molecule has 0 spiro atoms. The Kier molecular flexibility index (Phi) is 4.80. The molecule has 5 heteroatoms. The number of aromatic nitrogens is 1. The van der Waals surface area contributed by atoms with E-state index in [-0.39, 0.29) is 17.9 Å². The second-order valence-electron chi connectivity index (χ2n) is 5.37. The van der Waals surface area contributed by atoms with Gasteiger partial charge in [0.1, 0.15) is 5.15 Å². The number of esters is 1. The minimum atomic E-state index is -0.477. The van der Waals surface area contributed by atoms with Crippen molar-refractivity contribution < 1.29 is 14.3 Å². The van der Waals surface area contributed by atoms with Crippen LogP contribution >= 0.6 is 11.6 Å². The van der Waals surface area contributed by atoms with Gasteiger partial charge in [0.2, 0.25) is 0 Å². The molecule has 0 amide bonds. The molecular formula is C16H18ClNO3. The van der Waals surface area contributed by atoms with Gasteiger partial charge >= 0.3 is 5.97 Å². The summed E-state index contributed by atoms with van der Waals surface area (Å²) in [7, 11) is 1.63. The van der Waals surface area contributed by atoms with Crippen molar-refractivity contribution >= 4 is 28.3 Å². The number of benzene rings is 1. The quantitative estimate of drug-likeness (QED) is 0.621. The topological polar surface area (TPSA) is 48.4 Å². The highest BCUT2D eigenvalue weighted by molar-refractivity contribution is 6.34. The molecule has 1 heterocycles. The van der Waals surface area contributed by atoms with Gasteiger partial charge in [0.15, 0.2) is 5.69 Å². The number of fused-ring (bicyclic) bond motifs is 1. The molecule has 0 unspecified atom stereocenters. The van der Waals surface area contributed by atoms with Gasteiger partial charge in [-0.2, -0.15) is 0 Å². The van der Waals surface area contributed by atoms with Gasteiger partial charge in [0.25, 0.3) is 0 Å². The number of carbonyl (C=O) groups excluding carboxylic acids is 1. The molecule has 0 aliphatic heterocycles. The van der Waals surface area contributed by atoms with E-state index in [1.807, 2.05) is 38.1 Å². The predicted octanol–water partition coefficient (Wildman–Crippen LogP) is 3.86. The van der Waals surface area contributed by atoms with Crippen LogP contribution in [0.5, 0.6) is 0 Å². The van der Waals surface area contributed by atoms with E-state index in [0.717, 1.165) is 10.8 Å². The largest absolute Gasteiger partial charge is 0.461 e. The Hall–Kier alpha value is -1.65. The Labute approximate surface area is 129 Å². The Morgan fingerprint density at radius 2 is 2.05 bits per heavy atom. The first-order chi connectivity index (χ1) is 9.93. The number of hydrogen-bond donors (Lipinski definition) is 0. The van der Waals surface area contributed by atoms with Crippen LogP contribution < -0.4 is 0 Å². The molecule has 0 aliphatic rings. The van der Waals surface area contributed by atoms with E-state index in [1.54, 1.807) is 13.2 Å². The summed E-state index contributed by atoms with van der Waals surface area (Å²) >= 11 is 6.10. The van der Waals surface area contributed by atoms with Crippen molar-refractivity contribution in [1.29, 1.82) is 0 Å². The molecule has 1 aromatic carbocycles. The summed E-state index contributed by atoms with van der Waals surface area (Å²) in [5, 5.41) is 1.98. The molecule has 0 bridgehead atoms. The summed E-state index contributed by atoms with van der Waals surface area (Å²) < 4.78 is 10.5. The van der Waals surface area contributed by atoms with Crippen LogP contribution in [-0.2, 0) is 9.47 Å². The fourth-order valence-electron chi connectivity index (χ4n) is 1.83. The molecule has 2 rings (SSSR count). The average molecular weight is 308 g/mol. The van der Waals surface area contributed by atoms with Crippen LogP contribution in [0.3, 0.4) is 0 Å². The number of carbonyl (C=O) groups is 1. The van der Waals surface area contributed by atoms with Crippen LogP contribution in [0.1, 0.15) is 30.8 Å². The Balaban J connectivity index is 2.09. The fourth-order valence-corrected chi connectivity index (χ4v) is 2.09. The molecule has 1 aromatic heterocycles. The number of halogens is 1. The zero-order valence-electron chi connectivity index (χ0n) is 12.4. The summed E-state index contributed by atoms with van der Waals surface area (Å²) in [6, 6.07) is 9.19. The van der Waals surface area contributed by atoms with Gasteiger partial charge in [0, 0.05) is 18.9 Å². The van der Waals surface area contributed by atoms with Gasteiger partial charge in [-0.25, -0.2) is 9.78 Å². The first-order valence-corrected chi connectivity index (χ1v) is 7.08. The summed E-state index contributed by atoms with van der Waals surface area (Å²) in [5.74, 6) is -0.477. The molecule has 0 aliphatic carbocycles. The first kappa shape index (κ1) is 15.7.